The van der Waals surface area contributed by atoms with Crippen LogP contribution in [0.5, 0.6) is 17.2 Å². The van der Waals surface area contributed by atoms with Gasteiger partial charge in [-0.05, 0) is 55.6 Å². The van der Waals surface area contributed by atoms with E-state index in [0.717, 1.165) is 47.3 Å². The molecule has 0 saturated carbocycles. The summed E-state index contributed by atoms with van der Waals surface area (Å²) in [6, 6.07) is 9.72. The zero-order valence-corrected chi connectivity index (χ0v) is 16.6. The molecule has 0 radical (unpaired) electrons. The van der Waals surface area contributed by atoms with Gasteiger partial charge in [0.2, 0.25) is 0 Å². The highest BCUT2D eigenvalue weighted by Gasteiger charge is 2.34. The van der Waals surface area contributed by atoms with Gasteiger partial charge in [0.05, 0.1) is 26.7 Å². The van der Waals surface area contributed by atoms with Crippen LogP contribution in [0.2, 0.25) is 0 Å². The third-order valence-electron chi connectivity index (χ3n) is 5.75. The van der Waals surface area contributed by atoms with Crippen molar-refractivity contribution in [2.45, 2.75) is 25.2 Å². The molecule has 4 rings (SSSR count). The van der Waals surface area contributed by atoms with Crippen LogP contribution in [0.3, 0.4) is 0 Å². The van der Waals surface area contributed by atoms with Crippen LogP contribution in [0.15, 0.2) is 30.3 Å². The van der Waals surface area contributed by atoms with Crippen molar-refractivity contribution in [1.29, 1.82) is 0 Å². The summed E-state index contributed by atoms with van der Waals surface area (Å²) in [5.74, 6) is 1.87. The number of carbonyl (C=O) groups excluding carboxylic acids is 1. The molecule has 1 saturated heterocycles. The molecule has 1 atom stereocenters. The van der Waals surface area contributed by atoms with Crippen molar-refractivity contribution in [3.05, 3.63) is 41.5 Å². The summed E-state index contributed by atoms with van der Waals surface area (Å²) in [5, 5.41) is 0. The maximum atomic E-state index is 11.9. The molecule has 0 aromatic heterocycles. The summed E-state index contributed by atoms with van der Waals surface area (Å²) in [6.07, 6.45) is 4.59. The molecule has 5 nitrogen and oxygen atoms in total. The molecule has 0 spiro atoms. The molecule has 1 unspecified atom stereocenters. The van der Waals surface area contributed by atoms with Crippen LogP contribution in [-0.2, 0) is 4.79 Å². The molecule has 2 aromatic rings. The van der Waals surface area contributed by atoms with E-state index in [1.54, 1.807) is 14.2 Å². The van der Waals surface area contributed by atoms with E-state index in [1.807, 2.05) is 30.3 Å². The molecule has 28 heavy (non-hydrogen) atoms. The molecule has 5 heteroatoms. The van der Waals surface area contributed by atoms with E-state index >= 15 is 0 Å². The Morgan fingerprint density at radius 3 is 2.54 bits per heavy atom. The van der Waals surface area contributed by atoms with Crippen molar-refractivity contribution < 1.29 is 19.0 Å². The smallest absolute Gasteiger partial charge is 0.131 e. The van der Waals surface area contributed by atoms with Gasteiger partial charge in [0.1, 0.15) is 23.5 Å². The van der Waals surface area contributed by atoms with Gasteiger partial charge < -0.3 is 23.9 Å². The van der Waals surface area contributed by atoms with Crippen LogP contribution in [-0.4, -0.2) is 51.6 Å². The van der Waals surface area contributed by atoms with Crippen LogP contribution in [0.25, 0.3) is 11.1 Å². The summed E-state index contributed by atoms with van der Waals surface area (Å²) in [4.78, 5) is 14.4. The first-order valence-corrected chi connectivity index (χ1v) is 9.96. The van der Waals surface area contributed by atoms with Gasteiger partial charge in [-0.25, -0.2) is 0 Å². The van der Waals surface area contributed by atoms with Gasteiger partial charge in [0.25, 0.3) is 0 Å². The lowest BCUT2D eigenvalue weighted by atomic mass is 9.98. The van der Waals surface area contributed by atoms with Crippen molar-refractivity contribution in [3.63, 3.8) is 0 Å². The van der Waals surface area contributed by atoms with E-state index in [2.05, 4.69) is 4.90 Å². The molecule has 2 aliphatic rings. The lowest BCUT2D eigenvalue weighted by Crippen LogP contribution is -2.21. The third kappa shape index (κ3) is 3.35. The Morgan fingerprint density at radius 1 is 1.04 bits per heavy atom. The minimum absolute atomic E-state index is 0.331. The number of hydrogen-bond donors (Lipinski definition) is 0. The molecule has 0 amide bonds. The van der Waals surface area contributed by atoms with Crippen molar-refractivity contribution in [1.82, 2.24) is 4.90 Å². The fourth-order valence-electron chi connectivity index (χ4n) is 4.39. The van der Waals surface area contributed by atoms with Crippen molar-refractivity contribution in [3.8, 4) is 28.4 Å². The fourth-order valence-corrected chi connectivity index (χ4v) is 4.39. The van der Waals surface area contributed by atoms with E-state index < -0.39 is 0 Å². The van der Waals surface area contributed by atoms with E-state index in [-0.39, 0.29) is 5.92 Å². The first kappa shape index (κ1) is 18.8. The Balaban J connectivity index is 1.63. The number of carbonyl (C=O) groups is 1. The van der Waals surface area contributed by atoms with Crippen LogP contribution < -0.4 is 14.2 Å². The molecular weight excluding hydrogens is 354 g/mol. The van der Waals surface area contributed by atoms with Crippen LogP contribution in [0.4, 0.5) is 0 Å². The van der Waals surface area contributed by atoms with Crippen LogP contribution in [0.1, 0.15) is 36.3 Å². The lowest BCUT2D eigenvalue weighted by molar-refractivity contribution is -0.108. The first-order valence-electron chi connectivity index (χ1n) is 9.96. The van der Waals surface area contributed by atoms with Crippen molar-refractivity contribution in [2.24, 2.45) is 0 Å². The Labute approximate surface area is 166 Å². The second-order valence-electron chi connectivity index (χ2n) is 7.38. The quantitative estimate of drug-likeness (QED) is 0.513. The highest BCUT2D eigenvalue weighted by atomic mass is 16.5. The fraction of sp³-hybridized carbons (Fsp3) is 0.435. The van der Waals surface area contributed by atoms with Crippen LogP contribution in [0, 0.1) is 0 Å². The summed E-state index contributed by atoms with van der Waals surface area (Å²) in [7, 11) is 3.26. The van der Waals surface area contributed by atoms with E-state index in [4.69, 9.17) is 14.2 Å². The summed E-state index contributed by atoms with van der Waals surface area (Å²) >= 11 is 0. The van der Waals surface area contributed by atoms with Gasteiger partial charge in [-0.2, -0.15) is 0 Å². The number of likely N-dealkylation sites (tertiary alicyclic amines) is 1. The summed E-state index contributed by atoms with van der Waals surface area (Å²) in [5.41, 5.74) is 3.78. The van der Waals surface area contributed by atoms with Crippen molar-refractivity contribution >= 4 is 6.29 Å². The number of nitrogens with zero attached hydrogens (tertiary/aromatic N) is 1. The maximum Gasteiger partial charge on any atom is 0.131 e. The minimum Gasteiger partial charge on any atom is -0.497 e. The highest BCUT2D eigenvalue weighted by molar-refractivity contribution is 5.94. The number of ether oxygens (including phenoxy) is 3. The molecule has 2 aromatic carbocycles. The molecule has 0 N–H and O–H groups in total. The first-order chi connectivity index (χ1) is 13.8. The number of fused-ring (bicyclic) bond motifs is 3. The normalized spacial score (nSPS) is 17.9. The number of aldehydes is 1. The largest absolute Gasteiger partial charge is 0.497 e. The zero-order valence-electron chi connectivity index (χ0n) is 16.6. The van der Waals surface area contributed by atoms with Gasteiger partial charge in [-0.3, -0.25) is 0 Å². The topological polar surface area (TPSA) is 48.0 Å². The highest BCUT2D eigenvalue weighted by Crippen LogP contribution is 2.53. The standard InChI is InChI=1S/C23H27NO4/c1-26-16-13-18-19(15-25)17-7-5-8-20(22(17)23(18)21(14-16)27-2)28-12-6-11-24-9-3-4-10-24/h5,7-8,13-15,19H,3-4,6,9-12H2,1-2H3. The second-order valence-corrected chi connectivity index (χ2v) is 7.38. The Kier molecular flexibility index (Phi) is 5.53. The molecule has 1 heterocycles. The second kappa shape index (κ2) is 8.23. The van der Waals surface area contributed by atoms with E-state index in [9.17, 15) is 4.79 Å². The van der Waals surface area contributed by atoms with Gasteiger partial charge in [0.15, 0.2) is 0 Å². The molecule has 148 valence electrons. The average Bonchev–Trinajstić information content (AvgIpc) is 3.36. The molecule has 1 fully saturated rings. The van der Waals surface area contributed by atoms with Gasteiger partial charge >= 0.3 is 0 Å². The predicted octanol–water partition coefficient (Wildman–Crippen LogP) is 3.88. The third-order valence-corrected chi connectivity index (χ3v) is 5.75. The molecule has 1 aliphatic carbocycles. The van der Waals surface area contributed by atoms with Gasteiger partial charge in [-0.15, -0.1) is 0 Å². The summed E-state index contributed by atoms with van der Waals surface area (Å²) in [6.45, 7) is 4.14. The lowest BCUT2D eigenvalue weighted by Gasteiger charge is -2.16. The van der Waals surface area contributed by atoms with Crippen molar-refractivity contribution in [2.75, 3.05) is 40.5 Å². The minimum atomic E-state index is -0.331. The average molecular weight is 381 g/mol. The van der Waals surface area contributed by atoms with E-state index in [0.29, 0.717) is 18.1 Å². The molecular formula is C23H27NO4. The Bertz CT molecular complexity index is 858. The maximum absolute atomic E-state index is 11.9. The molecule has 0 bridgehead atoms. The van der Waals surface area contributed by atoms with Crippen LogP contribution >= 0.6 is 0 Å². The molecule has 1 aliphatic heterocycles. The van der Waals surface area contributed by atoms with E-state index in [1.165, 1.54) is 25.9 Å². The number of methoxy groups -OCH3 is 2. The number of benzene rings is 2. The monoisotopic (exact) mass is 381 g/mol. The number of rotatable bonds is 8. The summed E-state index contributed by atoms with van der Waals surface area (Å²) < 4.78 is 17.2. The Hall–Kier alpha value is -2.53. The zero-order chi connectivity index (χ0) is 19.5. The number of hydrogen-bond acceptors (Lipinski definition) is 5. The SMILES string of the molecule is COc1cc(OC)c2c(c1)C(C=O)c1cccc(OCCCN3CCCC3)c1-2. The van der Waals surface area contributed by atoms with Gasteiger partial charge in [-0.1, -0.05) is 12.1 Å². The Morgan fingerprint density at radius 2 is 1.82 bits per heavy atom. The van der Waals surface area contributed by atoms with Gasteiger partial charge in [0, 0.05) is 23.7 Å². The predicted molar refractivity (Wildman–Crippen MR) is 109 cm³/mol.